The molecule has 5 nitrogen and oxygen atoms in total. The predicted molar refractivity (Wildman–Crippen MR) is 84.6 cm³/mol. The Balaban J connectivity index is 1.74. The first-order valence-corrected chi connectivity index (χ1v) is 7.22. The van der Waals surface area contributed by atoms with Crippen molar-refractivity contribution in [1.29, 1.82) is 0 Å². The van der Waals surface area contributed by atoms with Gasteiger partial charge in [-0.05, 0) is 37.6 Å². The van der Waals surface area contributed by atoms with Crippen LogP contribution < -0.4 is 5.32 Å². The molecule has 1 unspecified atom stereocenters. The summed E-state index contributed by atoms with van der Waals surface area (Å²) in [4.78, 5) is 21.9. The number of aryl methyl sites for hydroxylation is 1. The summed E-state index contributed by atoms with van der Waals surface area (Å²) in [5.41, 5.74) is 0.551. The normalized spacial score (nSPS) is 19.9. The Bertz CT molecular complexity index is 791. The molecule has 6 heteroatoms. The Kier molecular flexibility index (Phi) is 3.82. The molecule has 0 bridgehead atoms. The van der Waals surface area contributed by atoms with Gasteiger partial charge in [-0.1, -0.05) is 23.4 Å². The van der Waals surface area contributed by atoms with Crippen molar-refractivity contribution < 1.29 is 14.0 Å². The Labute approximate surface area is 133 Å². The molecule has 0 aliphatic carbocycles. The van der Waals surface area contributed by atoms with E-state index in [2.05, 4.69) is 15.5 Å². The van der Waals surface area contributed by atoms with E-state index in [1.54, 1.807) is 37.4 Å². The molecule has 0 saturated heterocycles. The van der Waals surface area contributed by atoms with Crippen molar-refractivity contribution in [2.75, 3.05) is 5.32 Å². The Morgan fingerprint density at radius 2 is 2.13 bits per heavy atom. The molecule has 1 atom stereocenters. The number of halogens is 1. The van der Waals surface area contributed by atoms with E-state index in [1.807, 2.05) is 13.0 Å². The molecule has 1 aliphatic heterocycles. The van der Waals surface area contributed by atoms with E-state index in [-0.39, 0.29) is 18.1 Å². The Morgan fingerprint density at radius 3 is 2.87 bits per heavy atom. The maximum Gasteiger partial charge on any atom is 0.272 e. The molecule has 118 valence electrons. The topological polar surface area (TPSA) is 63.6 Å². The van der Waals surface area contributed by atoms with Crippen LogP contribution in [0.4, 0.5) is 10.2 Å². The number of amides is 1. The van der Waals surface area contributed by atoms with Crippen LogP contribution in [0.2, 0.25) is 0 Å². The van der Waals surface area contributed by atoms with Gasteiger partial charge in [0.1, 0.15) is 11.6 Å². The summed E-state index contributed by atoms with van der Waals surface area (Å²) in [7, 11) is 0. The van der Waals surface area contributed by atoms with Crippen molar-refractivity contribution in [2.24, 2.45) is 5.16 Å². The number of hydrogen-bond donors (Lipinski definition) is 1. The average molecular weight is 313 g/mol. The Morgan fingerprint density at radius 1 is 1.35 bits per heavy atom. The first-order valence-electron chi connectivity index (χ1n) is 7.22. The zero-order valence-corrected chi connectivity index (χ0v) is 12.8. The van der Waals surface area contributed by atoms with Gasteiger partial charge in [0.2, 0.25) is 5.60 Å². The van der Waals surface area contributed by atoms with Crippen LogP contribution in [0.25, 0.3) is 0 Å². The third-order valence-electron chi connectivity index (χ3n) is 3.68. The van der Waals surface area contributed by atoms with Crippen LogP contribution in [0.1, 0.15) is 24.5 Å². The second-order valence-corrected chi connectivity index (χ2v) is 5.69. The van der Waals surface area contributed by atoms with Crippen LogP contribution in [0.3, 0.4) is 0 Å². The zero-order chi connectivity index (χ0) is 16.4. The van der Waals surface area contributed by atoms with Crippen molar-refractivity contribution in [3.63, 3.8) is 0 Å². The number of benzene rings is 1. The lowest BCUT2D eigenvalue weighted by Gasteiger charge is -2.20. The van der Waals surface area contributed by atoms with Gasteiger partial charge in [0, 0.05) is 18.2 Å². The van der Waals surface area contributed by atoms with Crippen molar-refractivity contribution in [1.82, 2.24) is 4.98 Å². The summed E-state index contributed by atoms with van der Waals surface area (Å²) < 4.78 is 13.8. The lowest BCUT2D eigenvalue weighted by molar-refractivity contribution is -0.135. The fraction of sp³-hybridized carbons (Fsp3) is 0.235. The number of nitrogens with one attached hydrogen (secondary N) is 1. The first kappa shape index (κ1) is 15.1. The van der Waals surface area contributed by atoms with Gasteiger partial charge in [-0.2, -0.15) is 0 Å². The predicted octanol–water partition coefficient (Wildman–Crippen LogP) is 3.05. The van der Waals surface area contributed by atoms with Gasteiger partial charge >= 0.3 is 0 Å². The number of hydrogen-bond acceptors (Lipinski definition) is 4. The highest BCUT2D eigenvalue weighted by atomic mass is 19.1. The maximum absolute atomic E-state index is 13.8. The lowest BCUT2D eigenvalue weighted by atomic mass is 9.95. The number of carbonyl (C=O) groups excluding carboxylic acids is 1. The van der Waals surface area contributed by atoms with E-state index in [4.69, 9.17) is 4.84 Å². The first-order chi connectivity index (χ1) is 11.0. The third-order valence-corrected chi connectivity index (χ3v) is 3.68. The molecule has 0 radical (unpaired) electrons. The van der Waals surface area contributed by atoms with E-state index in [9.17, 15) is 9.18 Å². The highest BCUT2D eigenvalue weighted by Crippen LogP contribution is 2.28. The smallest absolute Gasteiger partial charge is 0.272 e. The molecular weight excluding hydrogens is 297 g/mol. The summed E-state index contributed by atoms with van der Waals surface area (Å²) in [6, 6.07) is 9.88. The summed E-state index contributed by atoms with van der Waals surface area (Å²) in [6.45, 7) is 3.53. The van der Waals surface area contributed by atoms with Crippen molar-refractivity contribution >= 4 is 17.4 Å². The Hall–Kier alpha value is -2.76. The van der Waals surface area contributed by atoms with E-state index in [1.165, 1.54) is 6.07 Å². The molecule has 2 aromatic rings. The molecule has 0 spiro atoms. The summed E-state index contributed by atoms with van der Waals surface area (Å²) in [5, 5.41) is 6.61. The molecule has 23 heavy (non-hydrogen) atoms. The summed E-state index contributed by atoms with van der Waals surface area (Å²) >= 11 is 0. The number of rotatable bonds is 3. The molecule has 1 aromatic carbocycles. The molecule has 0 fully saturated rings. The summed E-state index contributed by atoms with van der Waals surface area (Å²) in [5.74, 6) is -0.315. The van der Waals surface area contributed by atoms with Gasteiger partial charge in [-0.3, -0.25) is 4.79 Å². The van der Waals surface area contributed by atoms with Gasteiger partial charge in [-0.25, -0.2) is 9.37 Å². The third kappa shape index (κ3) is 3.06. The molecule has 1 aromatic heterocycles. The van der Waals surface area contributed by atoms with Crippen LogP contribution in [-0.4, -0.2) is 22.2 Å². The van der Waals surface area contributed by atoms with Crippen LogP contribution in [0.15, 0.2) is 47.8 Å². The molecule has 2 heterocycles. The molecular formula is C17H16FN3O2. The second kappa shape index (κ2) is 5.79. The van der Waals surface area contributed by atoms with E-state index < -0.39 is 5.60 Å². The quantitative estimate of drug-likeness (QED) is 0.947. The van der Waals surface area contributed by atoms with Gasteiger partial charge in [-0.15, -0.1) is 0 Å². The number of pyridine rings is 1. The van der Waals surface area contributed by atoms with Gasteiger partial charge in [0.25, 0.3) is 5.91 Å². The molecule has 1 amide bonds. The maximum atomic E-state index is 13.8. The number of nitrogens with zero attached hydrogens (tertiary/aromatic N) is 2. The standard InChI is InChI=1S/C17H16FN3O2/c1-11-7-8-19-15(9-11)20-16(22)17(2)10-14(21-23-17)12-5-3-4-6-13(12)18/h3-9H,10H2,1-2H3,(H,19,20,22). The van der Waals surface area contributed by atoms with Crippen LogP contribution in [0, 0.1) is 12.7 Å². The van der Waals surface area contributed by atoms with E-state index in [0.29, 0.717) is 17.1 Å². The van der Waals surface area contributed by atoms with Crippen LogP contribution in [-0.2, 0) is 9.63 Å². The minimum atomic E-state index is -1.19. The second-order valence-electron chi connectivity index (χ2n) is 5.69. The van der Waals surface area contributed by atoms with Gasteiger partial charge in [0.15, 0.2) is 0 Å². The van der Waals surface area contributed by atoms with E-state index in [0.717, 1.165) is 5.56 Å². The zero-order valence-electron chi connectivity index (χ0n) is 12.8. The summed E-state index contributed by atoms with van der Waals surface area (Å²) in [6.07, 6.45) is 1.80. The lowest BCUT2D eigenvalue weighted by Crippen LogP contribution is -2.40. The van der Waals surface area contributed by atoms with Crippen LogP contribution in [0.5, 0.6) is 0 Å². The van der Waals surface area contributed by atoms with Crippen molar-refractivity contribution in [3.05, 3.63) is 59.5 Å². The van der Waals surface area contributed by atoms with Gasteiger partial charge < -0.3 is 10.2 Å². The SMILES string of the molecule is Cc1ccnc(NC(=O)C2(C)CC(c3ccccc3F)=NO2)c1. The number of carbonyl (C=O) groups is 1. The number of anilines is 1. The van der Waals surface area contributed by atoms with Crippen LogP contribution >= 0.6 is 0 Å². The van der Waals surface area contributed by atoms with E-state index >= 15 is 0 Å². The monoisotopic (exact) mass is 313 g/mol. The highest BCUT2D eigenvalue weighted by molar-refractivity contribution is 6.07. The molecule has 0 saturated carbocycles. The van der Waals surface area contributed by atoms with Crippen molar-refractivity contribution in [2.45, 2.75) is 25.9 Å². The molecule has 1 aliphatic rings. The largest absolute Gasteiger partial charge is 0.379 e. The number of aromatic nitrogens is 1. The fourth-order valence-electron chi connectivity index (χ4n) is 2.35. The number of oxime groups is 1. The van der Waals surface area contributed by atoms with Gasteiger partial charge in [0.05, 0.1) is 5.71 Å². The van der Waals surface area contributed by atoms with Crippen molar-refractivity contribution in [3.8, 4) is 0 Å². The highest BCUT2D eigenvalue weighted by Gasteiger charge is 2.42. The molecule has 1 N–H and O–H groups in total. The fourth-order valence-corrected chi connectivity index (χ4v) is 2.35. The average Bonchev–Trinajstić information content (AvgIpc) is 2.91. The molecule has 3 rings (SSSR count). The minimum absolute atomic E-state index is 0.186. The minimum Gasteiger partial charge on any atom is -0.379 e.